The van der Waals surface area contributed by atoms with Gasteiger partial charge in [0.15, 0.2) is 0 Å². The second kappa shape index (κ2) is 5.20. The fourth-order valence-electron chi connectivity index (χ4n) is 1.16. The van der Waals surface area contributed by atoms with Crippen molar-refractivity contribution in [2.75, 3.05) is 7.11 Å². The zero-order valence-corrected chi connectivity index (χ0v) is 9.79. The highest BCUT2D eigenvalue weighted by Crippen LogP contribution is 2.34. The molecule has 7 heteroatoms. The number of ether oxygens (including phenoxy) is 1. The van der Waals surface area contributed by atoms with E-state index in [9.17, 15) is 13.6 Å². The molecule has 16 heavy (non-hydrogen) atoms. The van der Waals surface area contributed by atoms with Gasteiger partial charge in [-0.25, -0.2) is 13.8 Å². The van der Waals surface area contributed by atoms with E-state index in [-0.39, 0.29) is 28.0 Å². The number of pyridine rings is 1. The fraction of sp³-hybridized carbons (Fsp3) is 0.333. The standard InChI is InChI=1S/C9H8BrF2NO3/c1-16-5-2-4(3-6(14)15)13-8(10)7(5)9(11)12/h2,9H,3H2,1H3,(H,14,15). The Labute approximate surface area is 98.4 Å². The summed E-state index contributed by atoms with van der Waals surface area (Å²) in [5, 5.41) is 8.56. The molecule has 88 valence electrons. The zero-order chi connectivity index (χ0) is 12.3. The molecule has 0 aromatic carbocycles. The average Bonchev–Trinajstić information content (AvgIpc) is 2.14. The first-order valence-corrected chi connectivity index (χ1v) is 4.98. The van der Waals surface area contributed by atoms with Gasteiger partial charge in [-0.2, -0.15) is 0 Å². The molecule has 0 unspecified atom stereocenters. The highest BCUT2D eigenvalue weighted by Gasteiger charge is 2.20. The smallest absolute Gasteiger partial charge is 0.309 e. The van der Waals surface area contributed by atoms with E-state index in [2.05, 4.69) is 20.9 Å². The number of carbonyl (C=O) groups is 1. The molecule has 0 bridgehead atoms. The minimum absolute atomic E-state index is 0.0758. The number of hydrogen-bond donors (Lipinski definition) is 1. The van der Waals surface area contributed by atoms with Crippen LogP contribution in [0.15, 0.2) is 10.7 Å². The fourth-order valence-corrected chi connectivity index (χ4v) is 1.76. The van der Waals surface area contributed by atoms with Gasteiger partial charge in [-0.1, -0.05) is 0 Å². The quantitative estimate of drug-likeness (QED) is 0.867. The third kappa shape index (κ3) is 2.88. The van der Waals surface area contributed by atoms with E-state index in [1.54, 1.807) is 0 Å². The second-order valence-corrected chi connectivity index (χ2v) is 3.64. The first-order chi connectivity index (χ1) is 7.45. The van der Waals surface area contributed by atoms with Gasteiger partial charge in [0.1, 0.15) is 10.4 Å². The van der Waals surface area contributed by atoms with E-state index in [0.717, 1.165) is 0 Å². The second-order valence-electron chi connectivity index (χ2n) is 2.89. The predicted molar refractivity (Wildman–Crippen MR) is 54.8 cm³/mol. The largest absolute Gasteiger partial charge is 0.496 e. The van der Waals surface area contributed by atoms with Gasteiger partial charge in [0.25, 0.3) is 6.43 Å². The van der Waals surface area contributed by atoms with Crippen molar-refractivity contribution in [2.45, 2.75) is 12.8 Å². The topological polar surface area (TPSA) is 59.4 Å². The van der Waals surface area contributed by atoms with Gasteiger partial charge in [-0.05, 0) is 15.9 Å². The summed E-state index contributed by atoms with van der Waals surface area (Å²) < 4.78 is 29.9. The molecule has 0 aliphatic heterocycles. The third-order valence-corrected chi connectivity index (χ3v) is 2.40. The maximum Gasteiger partial charge on any atom is 0.309 e. The Morgan fingerprint density at radius 1 is 1.69 bits per heavy atom. The molecular formula is C9H8BrF2NO3. The van der Waals surface area contributed by atoms with Crippen LogP contribution in [0, 0.1) is 0 Å². The summed E-state index contributed by atoms with van der Waals surface area (Å²) in [6.07, 6.45) is -3.09. The monoisotopic (exact) mass is 295 g/mol. The lowest BCUT2D eigenvalue weighted by molar-refractivity contribution is -0.136. The minimum Gasteiger partial charge on any atom is -0.496 e. The molecular weight excluding hydrogens is 288 g/mol. The number of carboxylic acids is 1. The Kier molecular flexibility index (Phi) is 4.17. The first kappa shape index (κ1) is 12.8. The number of hydrogen-bond acceptors (Lipinski definition) is 3. The molecule has 0 aliphatic rings. The molecule has 0 radical (unpaired) electrons. The van der Waals surface area contributed by atoms with Gasteiger partial charge in [0.05, 0.1) is 24.8 Å². The van der Waals surface area contributed by atoms with Gasteiger partial charge >= 0.3 is 5.97 Å². The van der Waals surface area contributed by atoms with E-state index in [1.807, 2.05) is 0 Å². The molecule has 1 aromatic heterocycles. The molecule has 0 atom stereocenters. The zero-order valence-electron chi connectivity index (χ0n) is 8.21. The number of nitrogens with zero attached hydrogens (tertiary/aromatic N) is 1. The van der Waals surface area contributed by atoms with Crippen molar-refractivity contribution >= 4 is 21.9 Å². The molecule has 0 saturated carbocycles. The molecule has 0 amide bonds. The van der Waals surface area contributed by atoms with Gasteiger partial charge in [0, 0.05) is 6.07 Å². The minimum atomic E-state index is -2.74. The lowest BCUT2D eigenvalue weighted by atomic mass is 10.2. The number of methoxy groups -OCH3 is 1. The SMILES string of the molecule is COc1cc(CC(=O)O)nc(Br)c1C(F)F. The number of aromatic nitrogens is 1. The van der Waals surface area contributed by atoms with Crippen LogP contribution in [0.5, 0.6) is 5.75 Å². The molecule has 4 nitrogen and oxygen atoms in total. The van der Waals surface area contributed by atoms with E-state index in [4.69, 9.17) is 9.84 Å². The number of rotatable bonds is 4. The van der Waals surface area contributed by atoms with Crippen LogP contribution in [0.25, 0.3) is 0 Å². The van der Waals surface area contributed by atoms with E-state index < -0.39 is 12.4 Å². The summed E-state index contributed by atoms with van der Waals surface area (Å²) in [7, 11) is 1.23. The molecule has 1 N–H and O–H groups in total. The van der Waals surface area contributed by atoms with E-state index in [0.29, 0.717) is 0 Å². The molecule has 1 rings (SSSR count). The van der Waals surface area contributed by atoms with E-state index in [1.165, 1.54) is 13.2 Å². The van der Waals surface area contributed by atoms with Crippen LogP contribution in [0.1, 0.15) is 17.7 Å². The van der Waals surface area contributed by atoms with Crippen molar-refractivity contribution in [1.29, 1.82) is 0 Å². The molecule has 1 heterocycles. The Bertz CT molecular complexity index is 412. The maximum absolute atomic E-state index is 12.6. The van der Waals surface area contributed by atoms with Crippen LogP contribution in [0.2, 0.25) is 0 Å². The Morgan fingerprint density at radius 2 is 2.31 bits per heavy atom. The summed E-state index contributed by atoms with van der Waals surface area (Å²) in [6.45, 7) is 0. The number of alkyl halides is 2. The van der Waals surface area contributed by atoms with Gasteiger partial charge in [-0.15, -0.1) is 0 Å². The number of halogens is 3. The summed E-state index contributed by atoms with van der Waals surface area (Å²) in [6, 6.07) is 1.19. The van der Waals surface area contributed by atoms with Crippen molar-refractivity contribution in [1.82, 2.24) is 4.98 Å². The van der Waals surface area contributed by atoms with Crippen molar-refractivity contribution in [2.24, 2.45) is 0 Å². The molecule has 0 fully saturated rings. The van der Waals surface area contributed by atoms with Crippen LogP contribution in [-0.4, -0.2) is 23.2 Å². The maximum atomic E-state index is 12.6. The van der Waals surface area contributed by atoms with Crippen LogP contribution in [0.4, 0.5) is 8.78 Å². The Balaban J connectivity index is 3.20. The highest BCUT2D eigenvalue weighted by atomic mass is 79.9. The number of aliphatic carboxylic acids is 1. The molecule has 0 saturated heterocycles. The molecule has 0 spiro atoms. The average molecular weight is 296 g/mol. The summed E-state index contributed by atoms with van der Waals surface area (Å²) >= 11 is 2.87. The van der Waals surface area contributed by atoms with E-state index >= 15 is 0 Å². The predicted octanol–water partition coefficient (Wildman–Crippen LogP) is 2.42. The van der Waals surface area contributed by atoms with Gasteiger partial charge < -0.3 is 9.84 Å². The molecule has 0 aliphatic carbocycles. The lowest BCUT2D eigenvalue weighted by Crippen LogP contribution is -2.05. The normalized spacial score (nSPS) is 10.6. The van der Waals surface area contributed by atoms with Crippen LogP contribution in [-0.2, 0) is 11.2 Å². The summed E-state index contributed by atoms with van der Waals surface area (Å²) in [5.74, 6) is -1.17. The molecule has 1 aromatic rings. The number of carboxylic acid groups (broad SMARTS) is 1. The van der Waals surface area contributed by atoms with Gasteiger partial charge in [-0.3, -0.25) is 4.79 Å². The van der Waals surface area contributed by atoms with Crippen molar-refractivity contribution in [3.05, 3.63) is 21.9 Å². The van der Waals surface area contributed by atoms with Crippen molar-refractivity contribution in [3.63, 3.8) is 0 Å². The van der Waals surface area contributed by atoms with Crippen molar-refractivity contribution in [3.8, 4) is 5.75 Å². The van der Waals surface area contributed by atoms with Crippen LogP contribution < -0.4 is 4.74 Å². The van der Waals surface area contributed by atoms with Gasteiger partial charge in [0.2, 0.25) is 0 Å². The van der Waals surface area contributed by atoms with Crippen LogP contribution >= 0.6 is 15.9 Å². The summed E-state index contributed by atoms with van der Waals surface area (Å²) in [4.78, 5) is 14.2. The van der Waals surface area contributed by atoms with Crippen molar-refractivity contribution < 1.29 is 23.4 Å². The summed E-state index contributed by atoms with van der Waals surface area (Å²) in [5.41, 5.74) is -0.225. The Morgan fingerprint density at radius 3 is 2.75 bits per heavy atom. The third-order valence-electron chi connectivity index (χ3n) is 1.80. The Hall–Kier alpha value is -1.24. The first-order valence-electron chi connectivity index (χ1n) is 4.19. The highest BCUT2D eigenvalue weighted by molar-refractivity contribution is 9.10. The van der Waals surface area contributed by atoms with Crippen LogP contribution in [0.3, 0.4) is 0 Å². The lowest BCUT2D eigenvalue weighted by Gasteiger charge is -2.10.